The van der Waals surface area contributed by atoms with Gasteiger partial charge >= 0.3 is 0 Å². The molecule has 0 aliphatic carbocycles. The van der Waals surface area contributed by atoms with E-state index in [-0.39, 0.29) is 0 Å². The van der Waals surface area contributed by atoms with Crippen molar-refractivity contribution in [2.24, 2.45) is 0 Å². The van der Waals surface area contributed by atoms with Crippen molar-refractivity contribution in [3.05, 3.63) is 89.2 Å². The Balaban J connectivity index is 1.67. The minimum Gasteiger partial charge on any atom is -0.494 e. The van der Waals surface area contributed by atoms with E-state index >= 15 is 0 Å². The Bertz CT molecular complexity index is 1010. The summed E-state index contributed by atoms with van der Waals surface area (Å²) < 4.78 is 11.5. The van der Waals surface area contributed by atoms with Crippen molar-refractivity contribution in [1.29, 1.82) is 0 Å². The predicted octanol–water partition coefficient (Wildman–Crippen LogP) is 5.31. The van der Waals surface area contributed by atoms with Crippen molar-refractivity contribution in [3.8, 4) is 11.5 Å². The number of thiocarbonyl (C=S) groups is 1. The van der Waals surface area contributed by atoms with Gasteiger partial charge in [-0.05, 0) is 80.4 Å². The van der Waals surface area contributed by atoms with Gasteiger partial charge in [0.1, 0.15) is 11.5 Å². The fourth-order valence-electron chi connectivity index (χ4n) is 3.55. The summed E-state index contributed by atoms with van der Waals surface area (Å²) in [6, 6.07) is 18.6. The average molecular weight is 464 g/mol. The van der Waals surface area contributed by atoms with Crippen LogP contribution in [-0.2, 0) is 19.5 Å². The minimum absolute atomic E-state index is 0.627. The van der Waals surface area contributed by atoms with E-state index in [9.17, 15) is 0 Å². The molecule has 1 aromatic heterocycles. The first-order valence-electron chi connectivity index (χ1n) is 11.4. The minimum atomic E-state index is 0.627. The van der Waals surface area contributed by atoms with Gasteiger partial charge in [-0.3, -0.25) is 4.98 Å². The van der Waals surface area contributed by atoms with Crippen molar-refractivity contribution in [3.63, 3.8) is 0 Å². The van der Waals surface area contributed by atoms with Gasteiger partial charge in [0, 0.05) is 32.0 Å². The summed E-state index contributed by atoms with van der Waals surface area (Å²) in [5.41, 5.74) is 4.70. The SMILES string of the molecule is CCOc1ccc(OCC)c(CCNC(=S)N(Cc2ccc(C)cc2)Cc2cccnc2)c1. The number of nitrogens with one attached hydrogen (secondary N) is 1. The topological polar surface area (TPSA) is 46.6 Å². The van der Waals surface area contributed by atoms with Crippen LogP contribution < -0.4 is 14.8 Å². The molecule has 0 saturated heterocycles. The molecule has 5 nitrogen and oxygen atoms in total. The Hall–Kier alpha value is -3.12. The molecule has 0 bridgehead atoms. The lowest BCUT2D eigenvalue weighted by Gasteiger charge is -2.26. The molecule has 1 N–H and O–H groups in total. The van der Waals surface area contributed by atoms with Crippen LogP contribution in [0.4, 0.5) is 0 Å². The van der Waals surface area contributed by atoms with Gasteiger partial charge in [0.2, 0.25) is 0 Å². The molecule has 1 heterocycles. The van der Waals surface area contributed by atoms with E-state index in [0.717, 1.165) is 40.7 Å². The number of hydrogen-bond acceptors (Lipinski definition) is 4. The van der Waals surface area contributed by atoms with Crippen LogP contribution in [0.25, 0.3) is 0 Å². The fraction of sp³-hybridized carbons (Fsp3) is 0.333. The molecule has 33 heavy (non-hydrogen) atoms. The maximum absolute atomic E-state index is 5.81. The number of ether oxygens (including phenoxy) is 2. The Morgan fingerprint density at radius 1 is 0.970 bits per heavy atom. The van der Waals surface area contributed by atoms with E-state index in [1.54, 1.807) is 6.20 Å². The van der Waals surface area contributed by atoms with Gasteiger partial charge in [-0.1, -0.05) is 35.9 Å². The first kappa shape index (κ1) is 24.5. The fourth-order valence-corrected chi connectivity index (χ4v) is 3.78. The van der Waals surface area contributed by atoms with Crippen LogP contribution in [0, 0.1) is 6.92 Å². The van der Waals surface area contributed by atoms with E-state index in [4.69, 9.17) is 21.7 Å². The quantitative estimate of drug-likeness (QED) is 0.389. The van der Waals surface area contributed by atoms with Gasteiger partial charge in [0.05, 0.1) is 13.2 Å². The molecule has 0 unspecified atom stereocenters. The third-order valence-electron chi connectivity index (χ3n) is 5.19. The molecule has 2 aromatic carbocycles. The molecule has 6 heteroatoms. The predicted molar refractivity (Wildman–Crippen MR) is 138 cm³/mol. The number of aryl methyl sites for hydroxylation is 1. The third kappa shape index (κ3) is 7.75. The standard InChI is InChI=1S/C27H33N3O2S/c1-4-31-25-12-13-26(32-5-2)24(17-25)14-16-29-27(33)30(20-23-7-6-15-28-18-23)19-22-10-8-21(3)9-11-22/h6-13,15,17-18H,4-5,14,16,19-20H2,1-3H3,(H,29,33). The van der Waals surface area contributed by atoms with Gasteiger partial charge in [0.15, 0.2) is 5.11 Å². The zero-order valence-electron chi connectivity index (χ0n) is 19.7. The van der Waals surface area contributed by atoms with E-state index in [1.807, 2.05) is 38.2 Å². The number of nitrogens with zero attached hydrogens (tertiary/aromatic N) is 2. The van der Waals surface area contributed by atoms with Crippen molar-refractivity contribution in [1.82, 2.24) is 15.2 Å². The highest BCUT2D eigenvalue weighted by Crippen LogP contribution is 2.25. The first-order chi connectivity index (χ1) is 16.1. The summed E-state index contributed by atoms with van der Waals surface area (Å²) in [6.45, 7) is 9.46. The van der Waals surface area contributed by atoms with E-state index in [1.165, 1.54) is 11.1 Å². The van der Waals surface area contributed by atoms with Crippen LogP contribution in [0.3, 0.4) is 0 Å². The highest BCUT2D eigenvalue weighted by Gasteiger charge is 2.13. The largest absolute Gasteiger partial charge is 0.494 e. The molecule has 0 amide bonds. The number of benzene rings is 2. The van der Waals surface area contributed by atoms with Crippen LogP contribution in [0.15, 0.2) is 67.0 Å². The zero-order chi connectivity index (χ0) is 23.5. The Labute approximate surface area is 202 Å². The Morgan fingerprint density at radius 3 is 2.42 bits per heavy atom. The van der Waals surface area contributed by atoms with Crippen molar-refractivity contribution >= 4 is 17.3 Å². The number of hydrogen-bond donors (Lipinski definition) is 1. The van der Waals surface area contributed by atoms with E-state index in [0.29, 0.717) is 26.3 Å². The molecule has 0 saturated carbocycles. The van der Waals surface area contributed by atoms with Crippen LogP contribution in [-0.4, -0.2) is 34.8 Å². The molecule has 0 radical (unpaired) electrons. The van der Waals surface area contributed by atoms with Crippen molar-refractivity contribution in [2.45, 2.75) is 40.3 Å². The molecule has 3 aromatic rings. The lowest BCUT2D eigenvalue weighted by atomic mass is 10.1. The van der Waals surface area contributed by atoms with Crippen LogP contribution in [0.2, 0.25) is 0 Å². The smallest absolute Gasteiger partial charge is 0.169 e. The van der Waals surface area contributed by atoms with Gasteiger partial charge in [-0.25, -0.2) is 0 Å². The number of rotatable bonds is 11. The lowest BCUT2D eigenvalue weighted by molar-refractivity contribution is 0.327. The highest BCUT2D eigenvalue weighted by molar-refractivity contribution is 7.80. The Morgan fingerprint density at radius 2 is 1.73 bits per heavy atom. The molecular formula is C27H33N3O2S. The summed E-state index contributed by atoms with van der Waals surface area (Å²) in [7, 11) is 0. The van der Waals surface area contributed by atoms with Crippen LogP contribution >= 0.6 is 12.2 Å². The van der Waals surface area contributed by atoms with E-state index < -0.39 is 0 Å². The second-order valence-electron chi connectivity index (χ2n) is 7.82. The number of aromatic nitrogens is 1. The van der Waals surface area contributed by atoms with Gasteiger partial charge in [0.25, 0.3) is 0 Å². The number of pyridine rings is 1. The molecule has 0 spiro atoms. The average Bonchev–Trinajstić information content (AvgIpc) is 2.82. The highest BCUT2D eigenvalue weighted by atomic mass is 32.1. The molecule has 0 aliphatic heterocycles. The monoisotopic (exact) mass is 463 g/mol. The second kappa shape index (κ2) is 12.8. The maximum atomic E-state index is 5.81. The second-order valence-corrected chi connectivity index (χ2v) is 8.21. The van der Waals surface area contributed by atoms with Crippen LogP contribution in [0.5, 0.6) is 11.5 Å². The molecule has 0 atom stereocenters. The summed E-state index contributed by atoms with van der Waals surface area (Å²) in [5, 5.41) is 4.17. The van der Waals surface area contributed by atoms with E-state index in [2.05, 4.69) is 58.5 Å². The first-order valence-corrected chi connectivity index (χ1v) is 11.9. The van der Waals surface area contributed by atoms with Crippen molar-refractivity contribution < 1.29 is 9.47 Å². The summed E-state index contributed by atoms with van der Waals surface area (Å²) in [4.78, 5) is 6.43. The molecule has 0 fully saturated rings. The maximum Gasteiger partial charge on any atom is 0.169 e. The molecule has 174 valence electrons. The zero-order valence-corrected chi connectivity index (χ0v) is 20.5. The van der Waals surface area contributed by atoms with Gasteiger partial charge in [-0.15, -0.1) is 0 Å². The summed E-state index contributed by atoms with van der Waals surface area (Å²) in [6.07, 6.45) is 4.46. The molecule has 3 rings (SSSR count). The summed E-state index contributed by atoms with van der Waals surface area (Å²) >= 11 is 5.80. The summed E-state index contributed by atoms with van der Waals surface area (Å²) in [5.74, 6) is 1.75. The van der Waals surface area contributed by atoms with Crippen LogP contribution in [0.1, 0.15) is 36.1 Å². The Kier molecular flexibility index (Phi) is 9.51. The third-order valence-corrected chi connectivity index (χ3v) is 5.59. The van der Waals surface area contributed by atoms with Crippen molar-refractivity contribution in [2.75, 3.05) is 19.8 Å². The lowest BCUT2D eigenvalue weighted by Crippen LogP contribution is -2.39. The van der Waals surface area contributed by atoms with Gasteiger partial charge in [-0.2, -0.15) is 0 Å². The molecular weight excluding hydrogens is 430 g/mol. The normalized spacial score (nSPS) is 10.5. The van der Waals surface area contributed by atoms with Gasteiger partial charge < -0.3 is 19.7 Å². The molecule has 0 aliphatic rings.